The number of hydrogen-bond donors (Lipinski definition) is 1. The Morgan fingerprint density at radius 2 is 1.85 bits per heavy atom. The first kappa shape index (κ1) is 15.6. The highest BCUT2D eigenvalue weighted by Crippen LogP contribution is 2.31. The van der Waals surface area contributed by atoms with Crippen LogP contribution in [0.3, 0.4) is 0 Å². The van der Waals surface area contributed by atoms with Gasteiger partial charge in [-0.1, -0.05) is 23.7 Å². The number of aliphatic hydroxyl groups is 1. The standard InChI is InChI=1S/C16H16ClIO2/c1-16(19,12-3-6-14(18)7-4-12)10-11-9-13(17)5-8-15(11)20-2/h3-9,19H,10H2,1-2H3. The van der Waals surface area contributed by atoms with E-state index in [1.807, 2.05) is 36.4 Å². The molecule has 1 unspecified atom stereocenters. The Kier molecular flexibility index (Phi) is 4.94. The van der Waals surface area contributed by atoms with E-state index in [1.165, 1.54) is 0 Å². The molecule has 0 saturated heterocycles. The first-order chi connectivity index (χ1) is 9.42. The van der Waals surface area contributed by atoms with Gasteiger partial charge in [0.1, 0.15) is 5.75 Å². The van der Waals surface area contributed by atoms with Crippen molar-refractivity contribution >= 4 is 34.2 Å². The van der Waals surface area contributed by atoms with Crippen LogP contribution in [0.2, 0.25) is 5.02 Å². The van der Waals surface area contributed by atoms with Crippen molar-refractivity contribution < 1.29 is 9.84 Å². The molecule has 106 valence electrons. The molecule has 20 heavy (non-hydrogen) atoms. The van der Waals surface area contributed by atoms with Crippen LogP contribution in [0.25, 0.3) is 0 Å². The van der Waals surface area contributed by atoms with Crippen molar-refractivity contribution in [3.8, 4) is 5.75 Å². The van der Waals surface area contributed by atoms with Crippen molar-refractivity contribution in [3.05, 3.63) is 62.2 Å². The van der Waals surface area contributed by atoms with Crippen LogP contribution < -0.4 is 4.74 Å². The quantitative estimate of drug-likeness (QED) is 0.768. The Morgan fingerprint density at radius 3 is 2.45 bits per heavy atom. The fourth-order valence-corrected chi connectivity index (χ4v) is 2.72. The molecule has 0 aliphatic rings. The summed E-state index contributed by atoms with van der Waals surface area (Å²) in [4.78, 5) is 0. The van der Waals surface area contributed by atoms with E-state index in [2.05, 4.69) is 22.6 Å². The van der Waals surface area contributed by atoms with Gasteiger partial charge in [-0.15, -0.1) is 0 Å². The number of benzene rings is 2. The molecule has 0 bridgehead atoms. The summed E-state index contributed by atoms with van der Waals surface area (Å²) in [5, 5.41) is 11.4. The van der Waals surface area contributed by atoms with E-state index in [0.29, 0.717) is 11.4 Å². The first-order valence-electron chi connectivity index (χ1n) is 6.23. The average Bonchev–Trinajstić information content (AvgIpc) is 2.39. The van der Waals surface area contributed by atoms with Crippen molar-refractivity contribution in [2.24, 2.45) is 0 Å². The predicted molar refractivity (Wildman–Crippen MR) is 90.4 cm³/mol. The lowest BCUT2D eigenvalue weighted by molar-refractivity contribution is 0.0569. The molecular formula is C16H16ClIO2. The summed E-state index contributed by atoms with van der Waals surface area (Å²) in [5.41, 5.74) is 0.797. The Morgan fingerprint density at radius 1 is 1.20 bits per heavy atom. The van der Waals surface area contributed by atoms with Gasteiger partial charge in [0, 0.05) is 15.0 Å². The topological polar surface area (TPSA) is 29.5 Å². The summed E-state index contributed by atoms with van der Waals surface area (Å²) >= 11 is 8.28. The lowest BCUT2D eigenvalue weighted by atomic mass is 9.89. The van der Waals surface area contributed by atoms with Gasteiger partial charge in [-0.25, -0.2) is 0 Å². The van der Waals surface area contributed by atoms with Crippen molar-refractivity contribution in [2.45, 2.75) is 18.9 Å². The molecule has 2 aromatic rings. The van der Waals surface area contributed by atoms with Crippen molar-refractivity contribution in [3.63, 3.8) is 0 Å². The number of methoxy groups -OCH3 is 1. The van der Waals surface area contributed by atoms with E-state index in [0.717, 1.165) is 20.4 Å². The SMILES string of the molecule is COc1ccc(Cl)cc1CC(C)(O)c1ccc(I)cc1. The van der Waals surface area contributed by atoms with E-state index in [1.54, 1.807) is 20.1 Å². The number of halogens is 2. The second kappa shape index (κ2) is 6.33. The molecule has 0 saturated carbocycles. The summed E-state index contributed by atoms with van der Waals surface area (Å²) in [5.74, 6) is 0.736. The van der Waals surface area contributed by atoms with Gasteiger partial charge >= 0.3 is 0 Å². The smallest absolute Gasteiger partial charge is 0.122 e. The maximum absolute atomic E-state index is 10.7. The number of rotatable bonds is 4. The minimum absolute atomic E-state index is 0.442. The fourth-order valence-electron chi connectivity index (χ4n) is 2.17. The second-order valence-electron chi connectivity index (χ2n) is 4.91. The monoisotopic (exact) mass is 402 g/mol. The molecule has 4 heteroatoms. The van der Waals surface area contributed by atoms with Crippen molar-refractivity contribution in [1.82, 2.24) is 0 Å². The first-order valence-corrected chi connectivity index (χ1v) is 7.69. The highest BCUT2D eigenvalue weighted by Gasteiger charge is 2.25. The minimum atomic E-state index is -0.970. The molecule has 2 nitrogen and oxygen atoms in total. The predicted octanol–water partition coefficient (Wildman–Crippen LogP) is 4.40. The van der Waals surface area contributed by atoms with Gasteiger partial charge in [-0.2, -0.15) is 0 Å². The molecular weight excluding hydrogens is 387 g/mol. The molecule has 1 atom stereocenters. The van der Waals surface area contributed by atoms with Gasteiger partial charge in [-0.05, 0) is 71.0 Å². The van der Waals surface area contributed by atoms with E-state index >= 15 is 0 Å². The number of ether oxygens (including phenoxy) is 1. The molecule has 0 aliphatic heterocycles. The van der Waals surface area contributed by atoms with E-state index in [9.17, 15) is 5.11 Å². The van der Waals surface area contributed by atoms with Crippen LogP contribution in [0.4, 0.5) is 0 Å². The van der Waals surface area contributed by atoms with Gasteiger partial charge in [0.2, 0.25) is 0 Å². The molecule has 0 amide bonds. The maximum atomic E-state index is 10.7. The lowest BCUT2D eigenvalue weighted by Gasteiger charge is -2.25. The molecule has 1 N–H and O–H groups in total. The van der Waals surface area contributed by atoms with Crippen LogP contribution in [0, 0.1) is 3.57 Å². The zero-order valence-corrected chi connectivity index (χ0v) is 14.3. The molecule has 0 aromatic heterocycles. The third-order valence-electron chi connectivity index (χ3n) is 3.24. The Balaban J connectivity index is 2.32. The Hall–Kier alpha value is -0.780. The van der Waals surface area contributed by atoms with Gasteiger partial charge in [0.25, 0.3) is 0 Å². The Labute approximate surface area is 137 Å². The number of hydrogen-bond acceptors (Lipinski definition) is 2. The summed E-state index contributed by atoms with van der Waals surface area (Å²) in [6.45, 7) is 1.80. The highest BCUT2D eigenvalue weighted by molar-refractivity contribution is 14.1. The van der Waals surface area contributed by atoms with Crippen LogP contribution in [-0.2, 0) is 12.0 Å². The molecule has 2 aromatic carbocycles. The second-order valence-corrected chi connectivity index (χ2v) is 6.60. The van der Waals surface area contributed by atoms with Crippen LogP contribution in [-0.4, -0.2) is 12.2 Å². The van der Waals surface area contributed by atoms with E-state index in [-0.39, 0.29) is 0 Å². The zero-order valence-electron chi connectivity index (χ0n) is 11.4. The van der Waals surface area contributed by atoms with Crippen molar-refractivity contribution in [2.75, 3.05) is 7.11 Å². The molecule has 0 fully saturated rings. The highest BCUT2D eigenvalue weighted by atomic mass is 127. The fraction of sp³-hybridized carbons (Fsp3) is 0.250. The largest absolute Gasteiger partial charge is 0.496 e. The lowest BCUT2D eigenvalue weighted by Crippen LogP contribution is -2.24. The third-order valence-corrected chi connectivity index (χ3v) is 4.20. The van der Waals surface area contributed by atoms with E-state index in [4.69, 9.17) is 16.3 Å². The van der Waals surface area contributed by atoms with E-state index < -0.39 is 5.60 Å². The summed E-state index contributed by atoms with van der Waals surface area (Å²) in [6.07, 6.45) is 0.442. The minimum Gasteiger partial charge on any atom is -0.496 e. The zero-order chi connectivity index (χ0) is 14.8. The van der Waals surface area contributed by atoms with Crippen LogP contribution in [0.1, 0.15) is 18.1 Å². The van der Waals surface area contributed by atoms with Gasteiger partial charge in [0.15, 0.2) is 0 Å². The molecule has 0 radical (unpaired) electrons. The third kappa shape index (κ3) is 3.65. The molecule has 0 aliphatic carbocycles. The maximum Gasteiger partial charge on any atom is 0.122 e. The van der Waals surface area contributed by atoms with Gasteiger partial charge in [-0.3, -0.25) is 0 Å². The van der Waals surface area contributed by atoms with Crippen LogP contribution >= 0.6 is 34.2 Å². The van der Waals surface area contributed by atoms with Crippen LogP contribution in [0.15, 0.2) is 42.5 Å². The Bertz CT molecular complexity index is 594. The van der Waals surface area contributed by atoms with Gasteiger partial charge in [0.05, 0.1) is 12.7 Å². The summed E-state index contributed by atoms with van der Waals surface area (Å²) < 4.78 is 6.47. The average molecular weight is 403 g/mol. The molecule has 2 rings (SSSR count). The summed E-state index contributed by atoms with van der Waals surface area (Å²) in [7, 11) is 1.62. The van der Waals surface area contributed by atoms with Crippen molar-refractivity contribution in [1.29, 1.82) is 0 Å². The van der Waals surface area contributed by atoms with Gasteiger partial charge < -0.3 is 9.84 Å². The van der Waals surface area contributed by atoms with Crippen LogP contribution in [0.5, 0.6) is 5.75 Å². The molecule has 0 heterocycles. The summed E-state index contributed by atoms with van der Waals surface area (Å²) in [6, 6.07) is 13.3. The normalized spacial score (nSPS) is 13.8. The molecule has 0 spiro atoms.